The van der Waals surface area contributed by atoms with E-state index < -0.39 is 5.97 Å². The van der Waals surface area contributed by atoms with E-state index in [1.165, 1.54) is 7.11 Å². The van der Waals surface area contributed by atoms with Crippen LogP contribution in [-0.4, -0.2) is 22.9 Å². The molecule has 0 radical (unpaired) electrons. The summed E-state index contributed by atoms with van der Waals surface area (Å²) in [4.78, 5) is 11.8. The molecule has 0 amide bonds. The Balaban J connectivity index is 1.99. The summed E-state index contributed by atoms with van der Waals surface area (Å²) in [6.07, 6.45) is 0. The minimum Gasteiger partial charge on any atom is -0.463 e. The number of furan rings is 1. The number of methoxy groups -OCH3 is 1. The van der Waals surface area contributed by atoms with E-state index in [-0.39, 0.29) is 5.76 Å². The van der Waals surface area contributed by atoms with Crippen molar-refractivity contribution in [3.8, 4) is 16.9 Å². The molecule has 0 spiro atoms. The van der Waals surface area contributed by atoms with E-state index in [0.29, 0.717) is 5.71 Å². The maximum atomic E-state index is 11.8. The number of carbonyl (C=O) groups excluding carboxylic acids is 1. The van der Waals surface area contributed by atoms with Crippen molar-refractivity contribution in [1.29, 1.82) is 0 Å². The molecule has 0 saturated carbocycles. The second kappa shape index (κ2) is 5.70. The summed E-state index contributed by atoms with van der Waals surface area (Å²) < 4.78 is 12.2. The Bertz CT molecular complexity index is 929. The van der Waals surface area contributed by atoms with Crippen LogP contribution >= 0.6 is 0 Å². The minimum absolute atomic E-state index is 0.159. The first-order valence-corrected chi connectivity index (χ1v) is 7.49. The van der Waals surface area contributed by atoms with Gasteiger partial charge >= 0.3 is 5.97 Å². The molecule has 0 aliphatic carbocycles. The van der Waals surface area contributed by atoms with Gasteiger partial charge in [-0.2, -0.15) is 9.78 Å². The van der Waals surface area contributed by atoms with Crippen LogP contribution in [0, 0.1) is 0 Å². The van der Waals surface area contributed by atoms with E-state index in [1.54, 1.807) is 10.7 Å². The summed E-state index contributed by atoms with van der Waals surface area (Å²) in [7, 11) is 1.33. The molecule has 0 aliphatic rings. The van der Waals surface area contributed by atoms with E-state index in [1.807, 2.05) is 60.7 Å². The highest BCUT2D eigenvalue weighted by atomic mass is 16.5. The molecule has 24 heavy (non-hydrogen) atoms. The van der Waals surface area contributed by atoms with Crippen molar-refractivity contribution in [1.82, 2.24) is 9.78 Å². The fraction of sp³-hybridized carbons (Fsp3) is 0.0526. The molecule has 4 rings (SSSR count). The Morgan fingerprint density at radius 3 is 2.38 bits per heavy atom. The molecule has 0 bridgehead atoms. The highest BCUT2D eigenvalue weighted by Crippen LogP contribution is 2.32. The normalized spacial score (nSPS) is 10.9. The lowest BCUT2D eigenvalue weighted by Gasteiger charge is -2.01. The fourth-order valence-corrected chi connectivity index (χ4v) is 2.66. The Hall–Kier alpha value is -3.34. The van der Waals surface area contributed by atoms with Crippen molar-refractivity contribution in [2.45, 2.75) is 0 Å². The van der Waals surface area contributed by atoms with E-state index in [9.17, 15) is 4.79 Å². The van der Waals surface area contributed by atoms with Gasteiger partial charge in [0, 0.05) is 11.6 Å². The Labute approximate surface area is 138 Å². The monoisotopic (exact) mass is 318 g/mol. The van der Waals surface area contributed by atoms with Gasteiger partial charge in [-0.05, 0) is 12.1 Å². The van der Waals surface area contributed by atoms with Crippen LogP contribution in [0.5, 0.6) is 0 Å². The van der Waals surface area contributed by atoms with Crippen molar-refractivity contribution in [2.24, 2.45) is 0 Å². The molecular weight excluding hydrogens is 304 g/mol. The molecule has 5 heteroatoms. The Morgan fingerprint density at radius 2 is 1.71 bits per heavy atom. The standard InChI is InChI=1S/C19H14N2O3/c1-23-19(22)16-12-15-17(13-8-4-2-5-9-13)20-21(18(15)24-16)14-10-6-3-7-11-14/h2-12H,1H3. The molecule has 5 nitrogen and oxygen atoms in total. The number of ether oxygens (including phenoxy) is 1. The number of nitrogens with zero attached hydrogens (tertiary/aromatic N) is 2. The van der Waals surface area contributed by atoms with E-state index in [0.717, 1.165) is 22.3 Å². The lowest BCUT2D eigenvalue weighted by Crippen LogP contribution is -2.00. The predicted octanol–water partition coefficient (Wildman–Crippen LogP) is 4.07. The summed E-state index contributed by atoms with van der Waals surface area (Å²) in [6.45, 7) is 0. The van der Waals surface area contributed by atoms with Gasteiger partial charge in [0.2, 0.25) is 11.5 Å². The minimum atomic E-state index is -0.509. The van der Waals surface area contributed by atoms with Crippen LogP contribution < -0.4 is 0 Å². The molecule has 0 atom stereocenters. The number of rotatable bonds is 3. The van der Waals surface area contributed by atoms with Gasteiger partial charge in [0.05, 0.1) is 18.2 Å². The van der Waals surface area contributed by atoms with Crippen LogP contribution in [0.3, 0.4) is 0 Å². The number of benzene rings is 2. The second-order valence-corrected chi connectivity index (χ2v) is 5.28. The third-order valence-corrected chi connectivity index (χ3v) is 3.79. The number of aromatic nitrogens is 2. The first-order chi connectivity index (χ1) is 11.8. The maximum Gasteiger partial charge on any atom is 0.374 e. The van der Waals surface area contributed by atoms with E-state index in [4.69, 9.17) is 9.15 Å². The van der Waals surface area contributed by atoms with Crippen molar-refractivity contribution >= 4 is 17.1 Å². The Kier molecular flexibility index (Phi) is 3.39. The zero-order valence-corrected chi connectivity index (χ0v) is 13.0. The highest BCUT2D eigenvalue weighted by molar-refractivity contribution is 5.97. The summed E-state index contributed by atoms with van der Waals surface area (Å²) in [6, 6.07) is 21.1. The molecule has 2 aromatic carbocycles. The summed E-state index contributed by atoms with van der Waals surface area (Å²) >= 11 is 0. The molecule has 0 unspecified atom stereocenters. The van der Waals surface area contributed by atoms with Gasteiger partial charge < -0.3 is 9.15 Å². The highest BCUT2D eigenvalue weighted by Gasteiger charge is 2.21. The van der Waals surface area contributed by atoms with Crippen molar-refractivity contribution in [3.63, 3.8) is 0 Å². The predicted molar refractivity (Wildman–Crippen MR) is 90.1 cm³/mol. The summed E-state index contributed by atoms with van der Waals surface area (Å²) in [5.41, 5.74) is 3.08. The summed E-state index contributed by atoms with van der Waals surface area (Å²) in [5.74, 6) is -0.350. The molecular formula is C19H14N2O3. The van der Waals surface area contributed by atoms with Crippen LogP contribution in [0.1, 0.15) is 10.6 Å². The zero-order chi connectivity index (χ0) is 16.5. The number of carbonyl (C=O) groups is 1. The largest absolute Gasteiger partial charge is 0.463 e. The average molecular weight is 318 g/mol. The van der Waals surface area contributed by atoms with E-state index in [2.05, 4.69) is 5.10 Å². The smallest absolute Gasteiger partial charge is 0.374 e. The SMILES string of the molecule is COC(=O)c1cc2c(-c3ccccc3)nn(-c3ccccc3)c2o1. The number of fused-ring (bicyclic) bond motifs is 1. The van der Waals surface area contributed by atoms with Crippen LogP contribution in [0.4, 0.5) is 0 Å². The Morgan fingerprint density at radius 1 is 1.04 bits per heavy atom. The number of esters is 1. The number of hydrogen-bond donors (Lipinski definition) is 0. The van der Waals surface area contributed by atoms with Crippen molar-refractivity contribution in [2.75, 3.05) is 7.11 Å². The lowest BCUT2D eigenvalue weighted by atomic mass is 10.1. The molecule has 2 aromatic heterocycles. The van der Waals surface area contributed by atoms with Gasteiger partial charge in [0.25, 0.3) is 0 Å². The average Bonchev–Trinajstić information content (AvgIpc) is 3.22. The molecule has 4 aromatic rings. The third-order valence-electron chi connectivity index (χ3n) is 3.79. The van der Waals surface area contributed by atoms with Crippen LogP contribution in [-0.2, 0) is 4.74 Å². The lowest BCUT2D eigenvalue weighted by molar-refractivity contribution is 0.0567. The molecule has 0 saturated heterocycles. The summed E-state index contributed by atoms with van der Waals surface area (Å²) in [5, 5.41) is 5.46. The molecule has 118 valence electrons. The van der Waals surface area contributed by atoms with E-state index >= 15 is 0 Å². The van der Waals surface area contributed by atoms with Gasteiger partial charge in [0.15, 0.2) is 0 Å². The van der Waals surface area contributed by atoms with Crippen LogP contribution in [0.15, 0.2) is 71.1 Å². The number of hydrogen-bond acceptors (Lipinski definition) is 4. The van der Waals surface area contributed by atoms with Crippen LogP contribution in [0.2, 0.25) is 0 Å². The number of para-hydroxylation sites is 1. The first-order valence-electron chi connectivity index (χ1n) is 7.49. The van der Waals surface area contributed by atoms with Crippen LogP contribution in [0.25, 0.3) is 28.0 Å². The maximum absolute atomic E-state index is 11.8. The fourth-order valence-electron chi connectivity index (χ4n) is 2.66. The molecule has 2 heterocycles. The van der Waals surface area contributed by atoms with Crippen molar-refractivity contribution < 1.29 is 13.9 Å². The zero-order valence-electron chi connectivity index (χ0n) is 13.0. The topological polar surface area (TPSA) is 57.3 Å². The van der Waals surface area contributed by atoms with Gasteiger partial charge in [-0.15, -0.1) is 0 Å². The molecule has 0 N–H and O–H groups in total. The van der Waals surface area contributed by atoms with Gasteiger partial charge in [0.1, 0.15) is 5.69 Å². The molecule has 0 aliphatic heterocycles. The first kappa shape index (κ1) is 14.3. The second-order valence-electron chi connectivity index (χ2n) is 5.28. The van der Waals surface area contributed by atoms with Gasteiger partial charge in [-0.1, -0.05) is 48.5 Å². The third kappa shape index (κ3) is 2.27. The van der Waals surface area contributed by atoms with Gasteiger partial charge in [-0.25, -0.2) is 4.79 Å². The van der Waals surface area contributed by atoms with Gasteiger partial charge in [-0.3, -0.25) is 0 Å². The molecule has 0 fully saturated rings. The quantitative estimate of drug-likeness (QED) is 0.534. The van der Waals surface area contributed by atoms with Crippen molar-refractivity contribution in [3.05, 3.63) is 72.5 Å².